The van der Waals surface area contributed by atoms with Gasteiger partial charge in [0.25, 0.3) is 0 Å². The predicted molar refractivity (Wildman–Crippen MR) is 60.6 cm³/mol. The molecule has 3 nitrogen and oxygen atoms in total. The summed E-state index contributed by atoms with van der Waals surface area (Å²) < 4.78 is 0. The van der Waals surface area contributed by atoms with E-state index in [0.29, 0.717) is 5.56 Å². The lowest BCUT2D eigenvalue weighted by molar-refractivity contribution is 0.0969. The zero-order chi connectivity index (χ0) is 11.6. The Morgan fingerprint density at radius 2 is 1.87 bits per heavy atom. The van der Waals surface area contributed by atoms with E-state index in [-0.39, 0.29) is 11.7 Å². The highest BCUT2D eigenvalue weighted by Crippen LogP contribution is 2.29. The number of hydrogen-bond acceptors (Lipinski definition) is 3. The second-order valence-electron chi connectivity index (χ2n) is 4.27. The van der Waals surface area contributed by atoms with Crippen LogP contribution in [0.15, 0.2) is 18.2 Å². The number of aliphatic hydroxyl groups is 1. The molecule has 3 heteroatoms. The number of phenolic OH excluding ortho intramolecular Hbond substituents is 1. The minimum Gasteiger partial charge on any atom is -0.507 e. The van der Waals surface area contributed by atoms with Crippen molar-refractivity contribution in [2.24, 2.45) is 11.7 Å². The minimum atomic E-state index is -0.641. The Balaban J connectivity index is 3.01. The molecule has 0 saturated heterocycles. The van der Waals surface area contributed by atoms with Gasteiger partial charge in [0, 0.05) is 5.56 Å². The van der Waals surface area contributed by atoms with Crippen LogP contribution in [0.3, 0.4) is 0 Å². The largest absolute Gasteiger partial charge is 0.507 e. The average Bonchev–Trinajstić information content (AvgIpc) is 2.20. The fourth-order valence-corrected chi connectivity index (χ4v) is 1.55. The summed E-state index contributed by atoms with van der Waals surface area (Å²) in [6.07, 6.45) is -0.641. The molecule has 0 spiro atoms. The lowest BCUT2D eigenvalue weighted by atomic mass is 9.93. The molecule has 0 aromatic heterocycles. The summed E-state index contributed by atoms with van der Waals surface area (Å²) in [7, 11) is 0. The Bertz CT molecular complexity index is 336. The second-order valence-corrected chi connectivity index (χ2v) is 4.27. The van der Waals surface area contributed by atoms with E-state index >= 15 is 0 Å². The van der Waals surface area contributed by atoms with Crippen LogP contribution in [0.4, 0.5) is 0 Å². The van der Waals surface area contributed by atoms with E-state index in [9.17, 15) is 10.2 Å². The Morgan fingerprint density at radius 3 is 2.40 bits per heavy atom. The van der Waals surface area contributed by atoms with Crippen LogP contribution < -0.4 is 5.73 Å². The number of aryl methyl sites for hydroxylation is 1. The first-order valence-electron chi connectivity index (χ1n) is 5.17. The number of para-hydroxylation sites is 1. The van der Waals surface area contributed by atoms with Gasteiger partial charge in [-0.05, 0) is 18.4 Å². The molecule has 0 saturated carbocycles. The number of benzene rings is 1. The molecule has 0 unspecified atom stereocenters. The van der Waals surface area contributed by atoms with Crippen molar-refractivity contribution in [2.45, 2.75) is 32.9 Å². The Hall–Kier alpha value is -1.06. The van der Waals surface area contributed by atoms with E-state index in [2.05, 4.69) is 0 Å². The van der Waals surface area contributed by atoms with Crippen molar-refractivity contribution < 1.29 is 10.2 Å². The summed E-state index contributed by atoms with van der Waals surface area (Å²) in [5, 5.41) is 19.6. The highest BCUT2D eigenvalue weighted by Gasteiger charge is 2.22. The quantitative estimate of drug-likeness (QED) is 0.710. The highest BCUT2D eigenvalue weighted by molar-refractivity contribution is 5.41. The summed E-state index contributed by atoms with van der Waals surface area (Å²) in [4.78, 5) is 0. The van der Waals surface area contributed by atoms with Crippen LogP contribution in [-0.4, -0.2) is 16.3 Å². The second kappa shape index (κ2) is 4.64. The van der Waals surface area contributed by atoms with Gasteiger partial charge in [-0.15, -0.1) is 0 Å². The van der Waals surface area contributed by atoms with E-state index in [4.69, 9.17) is 5.73 Å². The van der Waals surface area contributed by atoms with Gasteiger partial charge in [-0.3, -0.25) is 0 Å². The van der Waals surface area contributed by atoms with Gasteiger partial charge in [0.1, 0.15) is 5.75 Å². The molecule has 1 aromatic rings. The van der Waals surface area contributed by atoms with Crippen molar-refractivity contribution in [2.75, 3.05) is 0 Å². The third-order valence-electron chi connectivity index (χ3n) is 2.68. The first-order valence-corrected chi connectivity index (χ1v) is 5.17. The molecule has 84 valence electrons. The number of rotatable bonds is 3. The number of nitrogens with two attached hydrogens (primary N) is 1. The molecule has 2 atom stereocenters. The van der Waals surface area contributed by atoms with Crippen LogP contribution in [-0.2, 0) is 0 Å². The first-order chi connectivity index (χ1) is 6.95. The molecule has 0 heterocycles. The van der Waals surface area contributed by atoms with Crippen molar-refractivity contribution in [1.82, 2.24) is 0 Å². The van der Waals surface area contributed by atoms with Gasteiger partial charge >= 0.3 is 0 Å². The molecule has 0 fully saturated rings. The van der Waals surface area contributed by atoms with Crippen molar-refractivity contribution in [1.29, 1.82) is 0 Å². The lowest BCUT2D eigenvalue weighted by Crippen LogP contribution is -2.30. The minimum absolute atomic E-state index is 0.0694. The van der Waals surface area contributed by atoms with Crippen LogP contribution >= 0.6 is 0 Å². The normalized spacial score (nSPS) is 15.3. The Morgan fingerprint density at radius 1 is 1.27 bits per heavy atom. The van der Waals surface area contributed by atoms with Crippen LogP contribution in [0.5, 0.6) is 5.75 Å². The molecule has 0 amide bonds. The van der Waals surface area contributed by atoms with Gasteiger partial charge < -0.3 is 15.9 Å². The summed E-state index contributed by atoms with van der Waals surface area (Å²) in [5.74, 6) is 0.254. The molecule has 0 aliphatic rings. The van der Waals surface area contributed by atoms with E-state index < -0.39 is 12.1 Å². The molecule has 0 radical (unpaired) electrons. The van der Waals surface area contributed by atoms with Crippen molar-refractivity contribution >= 4 is 0 Å². The summed E-state index contributed by atoms with van der Waals surface area (Å²) in [5.41, 5.74) is 7.28. The van der Waals surface area contributed by atoms with Crippen molar-refractivity contribution in [3.63, 3.8) is 0 Å². The fraction of sp³-hybridized carbons (Fsp3) is 0.500. The maximum atomic E-state index is 9.83. The van der Waals surface area contributed by atoms with Gasteiger partial charge in [0.05, 0.1) is 12.1 Å². The number of phenols is 1. The molecule has 0 aliphatic heterocycles. The molecular formula is C12H19NO2. The number of aromatic hydroxyl groups is 1. The summed E-state index contributed by atoms with van der Waals surface area (Å²) >= 11 is 0. The van der Waals surface area contributed by atoms with E-state index in [0.717, 1.165) is 5.56 Å². The lowest BCUT2D eigenvalue weighted by Gasteiger charge is -2.23. The molecule has 0 aliphatic carbocycles. The number of hydrogen-bond donors (Lipinski definition) is 3. The molecule has 1 rings (SSSR count). The van der Waals surface area contributed by atoms with E-state index in [1.165, 1.54) is 0 Å². The standard InChI is InChI=1S/C12H19NO2/c1-7(2)11(14)10(13)9-6-4-5-8(3)12(9)15/h4-7,10-11,14-15H,13H2,1-3H3/t10-,11+/m0/s1. The molecule has 0 bridgehead atoms. The van der Waals surface area contributed by atoms with Gasteiger partial charge in [-0.25, -0.2) is 0 Å². The third-order valence-corrected chi connectivity index (χ3v) is 2.68. The van der Waals surface area contributed by atoms with Crippen LogP contribution in [0.2, 0.25) is 0 Å². The summed E-state index contributed by atoms with van der Waals surface area (Å²) in [6, 6.07) is 4.85. The summed E-state index contributed by atoms with van der Waals surface area (Å²) in [6.45, 7) is 5.61. The van der Waals surface area contributed by atoms with Crippen molar-refractivity contribution in [3.05, 3.63) is 29.3 Å². The van der Waals surface area contributed by atoms with Crippen LogP contribution in [0.25, 0.3) is 0 Å². The Labute approximate surface area is 90.5 Å². The van der Waals surface area contributed by atoms with Gasteiger partial charge in [-0.1, -0.05) is 32.0 Å². The van der Waals surface area contributed by atoms with E-state index in [1.54, 1.807) is 6.07 Å². The predicted octanol–water partition coefficient (Wildman–Crippen LogP) is 1.72. The fourth-order valence-electron chi connectivity index (χ4n) is 1.55. The van der Waals surface area contributed by atoms with Gasteiger partial charge in [-0.2, -0.15) is 0 Å². The van der Waals surface area contributed by atoms with E-state index in [1.807, 2.05) is 32.9 Å². The van der Waals surface area contributed by atoms with Gasteiger partial charge in [0.2, 0.25) is 0 Å². The van der Waals surface area contributed by atoms with Crippen LogP contribution in [0, 0.1) is 12.8 Å². The molecule has 4 N–H and O–H groups in total. The maximum Gasteiger partial charge on any atom is 0.123 e. The Kier molecular flexibility index (Phi) is 3.72. The van der Waals surface area contributed by atoms with Crippen molar-refractivity contribution in [3.8, 4) is 5.75 Å². The molecule has 1 aromatic carbocycles. The monoisotopic (exact) mass is 209 g/mol. The molecular weight excluding hydrogens is 190 g/mol. The third kappa shape index (κ3) is 2.49. The smallest absolute Gasteiger partial charge is 0.123 e. The van der Waals surface area contributed by atoms with Gasteiger partial charge in [0.15, 0.2) is 0 Å². The SMILES string of the molecule is Cc1cccc([C@H](N)[C@H](O)C(C)C)c1O. The van der Waals surface area contributed by atoms with Crippen LogP contribution in [0.1, 0.15) is 31.0 Å². The molecule has 15 heavy (non-hydrogen) atoms. The number of aliphatic hydroxyl groups excluding tert-OH is 1. The zero-order valence-electron chi connectivity index (χ0n) is 9.44. The first kappa shape index (κ1) is 12.0. The topological polar surface area (TPSA) is 66.5 Å². The average molecular weight is 209 g/mol. The maximum absolute atomic E-state index is 9.83. The zero-order valence-corrected chi connectivity index (χ0v) is 9.44. The highest BCUT2D eigenvalue weighted by atomic mass is 16.3.